The fourth-order valence-corrected chi connectivity index (χ4v) is 2.46. The van der Waals surface area contributed by atoms with E-state index in [2.05, 4.69) is 26.1 Å². The lowest BCUT2D eigenvalue weighted by atomic mass is 9.90. The first kappa shape index (κ1) is 18.3. The molecule has 0 aromatic carbocycles. The highest BCUT2D eigenvalue weighted by Crippen LogP contribution is 2.20. The molecule has 1 aliphatic heterocycles. The lowest BCUT2D eigenvalue weighted by Gasteiger charge is -2.34. The molecular weight excluding hydrogens is 264 g/mol. The fourth-order valence-electron chi connectivity index (χ4n) is 2.46. The maximum atomic E-state index is 12.1. The second-order valence-electron chi connectivity index (χ2n) is 8.08. The smallest absolute Gasteiger partial charge is 0.410 e. The van der Waals surface area contributed by atoms with Crippen molar-refractivity contribution < 1.29 is 9.53 Å². The van der Waals surface area contributed by atoms with Gasteiger partial charge in [-0.15, -0.1) is 0 Å². The number of nitrogens with one attached hydrogen (secondary N) is 1. The summed E-state index contributed by atoms with van der Waals surface area (Å²) >= 11 is 0. The average Bonchev–Trinajstić information content (AvgIpc) is 2.37. The van der Waals surface area contributed by atoms with Gasteiger partial charge in [0.2, 0.25) is 0 Å². The topological polar surface area (TPSA) is 41.6 Å². The molecule has 1 saturated heterocycles. The largest absolute Gasteiger partial charge is 0.444 e. The number of amides is 1. The quantitative estimate of drug-likeness (QED) is 0.842. The first-order valence-corrected chi connectivity index (χ1v) is 8.31. The third kappa shape index (κ3) is 7.16. The molecule has 4 nitrogen and oxygen atoms in total. The van der Waals surface area contributed by atoms with E-state index >= 15 is 0 Å². The van der Waals surface area contributed by atoms with E-state index in [0.29, 0.717) is 11.3 Å². The Balaban J connectivity index is 2.37. The highest BCUT2D eigenvalue weighted by atomic mass is 16.6. The lowest BCUT2D eigenvalue weighted by molar-refractivity contribution is 0.0165. The maximum absolute atomic E-state index is 12.1. The Kier molecular flexibility index (Phi) is 6.51. The van der Waals surface area contributed by atoms with Crippen molar-refractivity contribution in [3.05, 3.63) is 0 Å². The van der Waals surface area contributed by atoms with E-state index in [-0.39, 0.29) is 6.09 Å². The summed E-state index contributed by atoms with van der Waals surface area (Å²) < 4.78 is 5.47. The Hall–Kier alpha value is -0.770. The van der Waals surface area contributed by atoms with E-state index in [4.69, 9.17) is 4.74 Å². The van der Waals surface area contributed by atoms with Crippen LogP contribution in [0, 0.1) is 11.3 Å². The second-order valence-corrected chi connectivity index (χ2v) is 8.08. The molecule has 0 aliphatic carbocycles. The summed E-state index contributed by atoms with van der Waals surface area (Å²) in [6.45, 7) is 16.2. The van der Waals surface area contributed by atoms with Crippen molar-refractivity contribution in [1.82, 2.24) is 10.2 Å². The predicted octanol–water partition coefficient (Wildman–Crippen LogP) is 3.66. The minimum absolute atomic E-state index is 0.166. The normalized spacial score (nSPS) is 20.5. The van der Waals surface area contributed by atoms with E-state index in [1.807, 2.05) is 25.7 Å². The number of carbonyl (C=O) groups excluding carboxylic acids is 1. The van der Waals surface area contributed by atoms with Gasteiger partial charge < -0.3 is 15.0 Å². The number of likely N-dealkylation sites (tertiary alicyclic amines) is 1. The van der Waals surface area contributed by atoms with Crippen molar-refractivity contribution in [1.29, 1.82) is 0 Å². The van der Waals surface area contributed by atoms with Gasteiger partial charge in [-0.05, 0) is 57.9 Å². The van der Waals surface area contributed by atoms with Crippen LogP contribution in [0.3, 0.4) is 0 Å². The minimum atomic E-state index is -0.409. The summed E-state index contributed by atoms with van der Waals surface area (Å²) in [5.41, 5.74) is -0.0626. The molecule has 1 unspecified atom stereocenters. The van der Waals surface area contributed by atoms with E-state index in [1.54, 1.807) is 0 Å². The molecule has 1 fully saturated rings. The Morgan fingerprint density at radius 2 is 1.95 bits per heavy atom. The van der Waals surface area contributed by atoms with Crippen molar-refractivity contribution in [2.45, 2.75) is 66.4 Å². The first-order valence-electron chi connectivity index (χ1n) is 8.31. The highest BCUT2D eigenvalue weighted by Gasteiger charge is 2.27. The third-order valence-electron chi connectivity index (χ3n) is 4.16. The molecule has 1 atom stereocenters. The summed E-state index contributed by atoms with van der Waals surface area (Å²) in [6.07, 6.45) is 3.28. The predicted molar refractivity (Wildman–Crippen MR) is 87.5 cm³/mol. The van der Waals surface area contributed by atoms with Crippen LogP contribution in [-0.2, 0) is 4.74 Å². The molecule has 0 spiro atoms. The highest BCUT2D eigenvalue weighted by molar-refractivity contribution is 5.68. The van der Waals surface area contributed by atoms with E-state index in [9.17, 15) is 4.79 Å². The van der Waals surface area contributed by atoms with Gasteiger partial charge >= 0.3 is 6.09 Å². The van der Waals surface area contributed by atoms with Gasteiger partial charge in [-0.25, -0.2) is 4.79 Å². The number of nitrogens with zero attached hydrogens (tertiary/aromatic N) is 1. The molecule has 0 aromatic rings. The molecule has 21 heavy (non-hydrogen) atoms. The van der Waals surface area contributed by atoms with Crippen LogP contribution >= 0.6 is 0 Å². The zero-order valence-corrected chi connectivity index (χ0v) is 14.8. The van der Waals surface area contributed by atoms with Gasteiger partial charge in [0.05, 0.1) is 0 Å². The Labute approximate surface area is 130 Å². The molecule has 0 saturated carbocycles. The van der Waals surface area contributed by atoms with Crippen LogP contribution < -0.4 is 5.32 Å². The van der Waals surface area contributed by atoms with Gasteiger partial charge in [-0.3, -0.25) is 0 Å². The average molecular weight is 298 g/mol. The summed E-state index contributed by atoms with van der Waals surface area (Å²) in [4.78, 5) is 14.0. The van der Waals surface area contributed by atoms with Crippen LogP contribution in [0.2, 0.25) is 0 Å². The van der Waals surface area contributed by atoms with Crippen LogP contribution in [-0.4, -0.2) is 42.8 Å². The monoisotopic (exact) mass is 298 g/mol. The van der Waals surface area contributed by atoms with Crippen LogP contribution in [0.25, 0.3) is 0 Å². The van der Waals surface area contributed by atoms with Gasteiger partial charge in [0, 0.05) is 19.6 Å². The number of carbonyl (C=O) groups is 1. The SMILES string of the molecule is CCC(C)(C)CNCC1CCCN(C(=O)OC(C)(C)C)C1. The minimum Gasteiger partial charge on any atom is -0.444 e. The molecule has 1 N–H and O–H groups in total. The van der Waals surface area contributed by atoms with Crippen LogP contribution in [0.4, 0.5) is 4.79 Å². The lowest BCUT2D eigenvalue weighted by Crippen LogP contribution is -2.45. The number of rotatable bonds is 5. The van der Waals surface area contributed by atoms with Crippen LogP contribution in [0.1, 0.15) is 60.8 Å². The zero-order chi connectivity index (χ0) is 16.1. The molecule has 1 aliphatic rings. The van der Waals surface area contributed by atoms with Gasteiger partial charge in [-0.2, -0.15) is 0 Å². The molecule has 1 heterocycles. The molecule has 1 rings (SSSR count). The van der Waals surface area contributed by atoms with Crippen molar-refractivity contribution >= 4 is 6.09 Å². The molecular formula is C17H34N2O2. The maximum Gasteiger partial charge on any atom is 0.410 e. The third-order valence-corrected chi connectivity index (χ3v) is 4.16. The second kappa shape index (κ2) is 7.48. The molecule has 0 aromatic heterocycles. The van der Waals surface area contributed by atoms with Gasteiger partial charge in [-0.1, -0.05) is 20.8 Å². The van der Waals surface area contributed by atoms with Crippen molar-refractivity contribution in [3.63, 3.8) is 0 Å². The Morgan fingerprint density at radius 3 is 2.52 bits per heavy atom. The van der Waals surface area contributed by atoms with E-state index in [0.717, 1.165) is 32.6 Å². The number of hydrogen-bond donors (Lipinski definition) is 1. The van der Waals surface area contributed by atoms with Gasteiger partial charge in [0.15, 0.2) is 0 Å². The van der Waals surface area contributed by atoms with Crippen molar-refractivity contribution in [2.75, 3.05) is 26.2 Å². The zero-order valence-electron chi connectivity index (χ0n) is 14.8. The number of hydrogen-bond acceptors (Lipinski definition) is 3. The summed E-state index contributed by atoms with van der Waals surface area (Å²) in [5, 5.41) is 3.58. The standard InChI is InChI=1S/C17H34N2O2/c1-7-17(5,6)13-18-11-14-9-8-10-19(12-14)15(20)21-16(2,3)4/h14,18H,7-13H2,1-6H3. The number of ether oxygens (including phenoxy) is 1. The Morgan fingerprint density at radius 1 is 1.29 bits per heavy atom. The van der Waals surface area contributed by atoms with Gasteiger partial charge in [0.1, 0.15) is 5.60 Å². The summed E-state index contributed by atoms with van der Waals surface area (Å²) in [5.74, 6) is 0.541. The molecule has 4 heteroatoms. The molecule has 0 radical (unpaired) electrons. The molecule has 0 bridgehead atoms. The van der Waals surface area contributed by atoms with E-state index in [1.165, 1.54) is 12.8 Å². The summed E-state index contributed by atoms with van der Waals surface area (Å²) in [6, 6.07) is 0. The fraction of sp³-hybridized carbons (Fsp3) is 0.941. The Bertz CT molecular complexity index is 334. The molecule has 1 amide bonds. The van der Waals surface area contributed by atoms with Crippen LogP contribution in [0.15, 0.2) is 0 Å². The van der Waals surface area contributed by atoms with Crippen molar-refractivity contribution in [3.8, 4) is 0 Å². The van der Waals surface area contributed by atoms with Crippen LogP contribution in [0.5, 0.6) is 0 Å². The molecule has 124 valence electrons. The van der Waals surface area contributed by atoms with Gasteiger partial charge in [0.25, 0.3) is 0 Å². The first-order chi connectivity index (χ1) is 9.63. The van der Waals surface area contributed by atoms with E-state index < -0.39 is 5.60 Å². The summed E-state index contributed by atoms with van der Waals surface area (Å²) in [7, 11) is 0. The van der Waals surface area contributed by atoms with Crippen molar-refractivity contribution in [2.24, 2.45) is 11.3 Å². The number of piperidine rings is 1.